The second-order valence-electron chi connectivity index (χ2n) is 3.51. The molecule has 0 saturated carbocycles. The molecule has 0 aliphatic rings. The first-order valence-corrected chi connectivity index (χ1v) is 5.87. The number of hydrogen-bond donors (Lipinski definition) is 2. The van der Waals surface area contributed by atoms with E-state index >= 15 is 0 Å². The van der Waals surface area contributed by atoms with Crippen molar-refractivity contribution in [2.24, 2.45) is 0 Å². The van der Waals surface area contributed by atoms with Crippen molar-refractivity contribution in [2.75, 3.05) is 5.32 Å². The van der Waals surface area contributed by atoms with Crippen molar-refractivity contribution in [3.63, 3.8) is 0 Å². The molecule has 0 amide bonds. The fourth-order valence-corrected chi connectivity index (χ4v) is 1.64. The van der Waals surface area contributed by atoms with Crippen molar-refractivity contribution in [1.82, 2.24) is 20.6 Å². The normalized spacial score (nSPS) is 11.1. The number of aromatic nitrogens is 4. The van der Waals surface area contributed by atoms with Gasteiger partial charge in [-0.15, -0.1) is 10.2 Å². The van der Waals surface area contributed by atoms with Gasteiger partial charge in [0.2, 0.25) is 5.82 Å². The van der Waals surface area contributed by atoms with Crippen LogP contribution < -0.4 is 5.32 Å². The third kappa shape index (κ3) is 2.73. The van der Waals surface area contributed by atoms with Gasteiger partial charge in [0.1, 0.15) is 11.6 Å². The third-order valence-electron chi connectivity index (χ3n) is 2.26. The van der Waals surface area contributed by atoms with Crippen LogP contribution >= 0.6 is 15.9 Å². The second kappa shape index (κ2) is 5.42. The maximum Gasteiger partial charge on any atom is 0.216 e. The van der Waals surface area contributed by atoms with Crippen LogP contribution in [-0.2, 0) is 0 Å². The average molecular weight is 305 g/mol. The van der Waals surface area contributed by atoms with Gasteiger partial charge >= 0.3 is 0 Å². The molecular weight excluding hydrogens is 296 g/mol. The number of aromatic amines is 1. The maximum atomic E-state index is 8.99. The lowest BCUT2D eigenvalue weighted by Crippen LogP contribution is -1.93. The minimum absolute atomic E-state index is 0.260. The van der Waals surface area contributed by atoms with Gasteiger partial charge in [0, 0.05) is 16.4 Å². The Labute approximate surface area is 112 Å². The quantitative estimate of drug-likeness (QED) is 0.849. The Bertz CT molecular complexity index is 611. The summed E-state index contributed by atoms with van der Waals surface area (Å²) >= 11 is 3.44. The van der Waals surface area contributed by atoms with Gasteiger partial charge < -0.3 is 5.32 Å². The van der Waals surface area contributed by atoms with Crippen LogP contribution in [0.3, 0.4) is 0 Å². The predicted molar refractivity (Wildman–Crippen MR) is 70.3 cm³/mol. The number of allylic oxidation sites excluding steroid dienone is 1. The first-order valence-electron chi connectivity index (χ1n) is 5.07. The molecule has 0 bridgehead atoms. The number of nitrogens with one attached hydrogen (secondary N) is 2. The van der Waals surface area contributed by atoms with Crippen LogP contribution in [0.4, 0.5) is 5.69 Å². The van der Waals surface area contributed by atoms with E-state index in [1.807, 2.05) is 31.2 Å². The van der Waals surface area contributed by atoms with E-state index in [1.54, 1.807) is 6.20 Å². The van der Waals surface area contributed by atoms with Gasteiger partial charge in [0.05, 0.1) is 0 Å². The number of H-pyrrole nitrogens is 1. The standard InChI is InChI=1S/C11H9BrN6/c1-7-2-3-9(4-10(7)12)14-6-8(5-13)11-15-17-18-16-11/h2-4,6,14H,1H3,(H,15,16,17,18). The molecule has 2 aromatic rings. The summed E-state index contributed by atoms with van der Waals surface area (Å²) in [5.41, 5.74) is 2.31. The number of halogens is 1. The lowest BCUT2D eigenvalue weighted by atomic mass is 10.2. The minimum atomic E-state index is 0.260. The Kier molecular flexibility index (Phi) is 3.69. The Morgan fingerprint density at radius 3 is 3.00 bits per heavy atom. The highest BCUT2D eigenvalue weighted by atomic mass is 79.9. The van der Waals surface area contributed by atoms with Crippen LogP contribution in [0.5, 0.6) is 0 Å². The molecule has 6 nitrogen and oxygen atoms in total. The maximum absolute atomic E-state index is 8.99. The molecule has 7 heteroatoms. The van der Waals surface area contributed by atoms with Crippen molar-refractivity contribution in [3.05, 3.63) is 40.3 Å². The zero-order valence-electron chi connectivity index (χ0n) is 9.48. The number of nitriles is 1. The minimum Gasteiger partial charge on any atom is -0.360 e. The van der Waals surface area contributed by atoms with Gasteiger partial charge in [0.25, 0.3) is 0 Å². The third-order valence-corrected chi connectivity index (χ3v) is 3.12. The molecule has 0 atom stereocenters. The topological polar surface area (TPSA) is 90.3 Å². The van der Waals surface area contributed by atoms with E-state index < -0.39 is 0 Å². The molecule has 2 rings (SSSR count). The molecule has 2 N–H and O–H groups in total. The van der Waals surface area contributed by atoms with E-state index in [4.69, 9.17) is 5.26 Å². The first kappa shape index (κ1) is 12.3. The van der Waals surface area contributed by atoms with Gasteiger partial charge in [-0.2, -0.15) is 10.5 Å². The highest BCUT2D eigenvalue weighted by Gasteiger charge is 2.05. The van der Waals surface area contributed by atoms with Crippen molar-refractivity contribution in [2.45, 2.75) is 6.92 Å². The fraction of sp³-hybridized carbons (Fsp3) is 0.0909. The number of benzene rings is 1. The van der Waals surface area contributed by atoms with E-state index in [-0.39, 0.29) is 5.82 Å². The lowest BCUT2D eigenvalue weighted by Gasteiger charge is -2.03. The number of tetrazole rings is 1. The average Bonchev–Trinajstić information content (AvgIpc) is 2.88. The largest absolute Gasteiger partial charge is 0.360 e. The monoisotopic (exact) mass is 304 g/mol. The zero-order valence-corrected chi connectivity index (χ0v) is 11.1. The van der Waals surface area contributed by atoms with Crippen LogP contribution in [0.15, 0.2) is 28.9 Å². The molecule has 1 aromatic carbocycles. The summed E-state index contributed by atoms with van der Waals surface area (Å²) in [6.07, 6.45) is 1.54. The summed E-state index contributed by atoms with van der Waals surface area (Å²) in [4.78, 5) is 0. The van der Waals surface area contributed by atoms with Crippen LogP contribution in [-0.4, -0.2) is 20.6 Å². The van der Waals surface area contributed by atoms with Gasteiger partial charge in [-0.1, -0.05) is 22.0 Å². The molecule has 0 spiro atoms. The van der Waals surface area contributed by atoms with E-state index in [1.165, 1.54) is 0 Å². The molecule has 1 aromatic heterocycles. The number of aryl methyl sites for hydroxylation is 1. The van der Waals surface area contributed by atoms with E-state index in [9.17, 15) is 0 Å². The first-order chi connectivity index (χ1) is 8.70. The van der Waals surface area contributed by atoms with Crippen LogP contribution in [0.1, 0.15) is 11.4 Å². The Hall–Kier alpha value is -2.20. The molecule has 0 aliphatic heterocycles. The lowest BCUT2D eigenvalue weighted by molar-refractivity contribution is 0.881. The summed E-state index contributed by atoms with van der Waals surface area (Å²) in [6, 6.07) is 7.82. The highest BCUT2D eigenvalue weighted by Crippen LogP contribution is 2.21. The SMILES string of the molecule is Cc1ccc(NC=C(C#N)c2nn[nH]n2)cc1Br. The number of anilines is 1. The van der Waals surface area contributed by atoms with E-state index in [0.717, 1.165) is 15.7 Å². The summed E-state index contributed by atoms with van der Waals surface area (Å²) in [7, 11) is 0. The Balaban J connectivity index is 2.19. The van der Waals surface area contributed by atoms with Gasteiger partial charge in [0.15, 0.2) is 0 Å². The fourth-order valence-electron chi connectivity index (χ4n) is 1.26. The van der Waals surface area contributed by atoms with Crippen molar-refractivity contribution < 1.29 is 0 Å². The Morgan fingerprint density at radius 2 is 2.39 bits per heavy atom. The molecule has 0 aliphatic carbocycles. The summed E-state index contributed by atoms with van der Waals surface area (Å²) in [6.45, 7) is 2.00. The van der Waals surface area contributed by atoms with Gasteiger partial charge in [-0.3, -0.25) is 0 Å². The Morgan fingerprint density at radius 1 is 1.56 bits per heavy atom. The number of hydrogen-bond acceptors (Lipinski definition) is 5. The summed E-state index contributed by atoms with van der Waals surface area (Å²) in [5.74, 6) is 0.260. The molecule has 0 fully saturated rings. The molecule has 1 heterocycles. The highest BCUT2D eigenvalue weighted by molar-refractivity contribution is 9.10. The molecule has 18 heavy (non-hydrogen) atoms. The summed E-state index contributed by atoms with van der Waals surface area (Å²) in [5, 5.41) is 25.2. The zero-order chi connectivity index (χ0) is 13.0. The van der Waals surface area contributed by atoms with E-state index in [0.29, 0.717) is 5.57 Å². The smallest absolute Gasteiger partial charge is 0.216 e. The number of rotatable bonds is 3. The summed E-state index contributed by atoms with van der Waals surface area (Å²) < 4.78 is 0.999. The molecule has 90 valence electrons. The van der Waals surface area contributed by atoms with Crippen molar-refractivity contribution in [1.29, 1.82) is 5.26 Å². The molecule has 0 radical (unpaired) electrons. The second-order valence-corrected chi connectivity index (χ2v) is 4.37. The number of nitrogens with zero attached hydrogens (tertiary/aromatic N) is 4. The van der Waals surface area contributed by atoms with Crippen LogP contribution in [0.25, 0.3) is 5.57 Å². The molecule has 0 saturated heterocycles. The van der Waals surface area contributed by atoms with E-state index in [2.05, 4.69) is 41.9 Å². The van der Waals surface area contributed by atoms with Gasteiger partial charge in [-0.05, 0) is 29.8 Å². The van der Waals surface area contributed by atoms with Gasteiger partial charge in [-0.25, -0.2) is 0 Å². The van der Waals surface area contributed by atoms with Crippen LogP contribution in [0.2, 0.25) is 0 Å². The molecule has 0 unspecified atom stereocenters. The predicted octanol–water partition coefficient (Wildman–Crippen LogP) is 2.25. The van der Waals surface area contributed by atoms with Crippen molar-refractivity contribution in [3.8, 4) is 6.07 Å². The van der Waals surface area contributed by atoms with Crippen LogP contribution in [0, 0.1) is 18.3 Å². The van der Waals surface area contributed by atoms with Crippen molar-refractivity contribution >= 4 is 27.2 Å². The molecular formula is C11H9BrN6.